The maximum absolute atomic E-state index is 13.9. The molecule has 0 N–H and O–H groups in total. The first-order valence-corrected chi connectivity index (χ1v) is 12.6. The lowest BCUT2D eigenvalue weighted by molar-refractivity contribution is 0.337. The number of ether oxygens (including phenoxy) is 1. The summed E-state index contributed by atoms with van der Waals surface area (Å²) in [6.45, 7) is 6.49. The highest BCUT2D eigenvalue weighted by atomic mass is 16.5. The first-order chi connectivity index (χ1) is 18.1. The molecule has 0 aliphatic rings. The fourth-order valence-electron chi connectivity index (χ4n) is 4.18. The Bertz CT molecular complexity index is 1450. The third-order valence-corrected chi connectivity index (χ3v) is 6.07. The summed E-state index contributed by atoms with van der Waals surface area (Å²) in [6.07, 6.45) is 8.53. The molecule has 0 atom stereocenters. The Morgan fingerprint density at radius 2 is 1.78 bits per heavy atom. The summed E-state index contributed by atoms with van der Waals surface area (Å²) in [5.41, 5.74) is 4.22. The van der Waals surface area contributed by atoms with Crippen molar-refractivity contribution in [3.05, 3.63) is 93.6 Å². The second kappa shape index (κ2) is 12.0. The predicted octanol–water partition coefficient (Wildman–Crippen LogP) is 4.85. The van der Waals surface area contributed by atoms with E-state index in [1.807, 2.05) is 44.2 Å². The number of hydrogen-bond donors (Lipinski definition) is 0. The summed E-state index contributed by atoms with van der Waals surface area (Å²) >= 11 is 0. The zero-order valence-corrected chi connectivity index (χ0v) is 21.4. The first kappa shape index (κ1) is 25.7. The summed E-state index contributed by atoms with van der Waals surface area (Å²) in [5, 5.41) is 9.43. The average Bonchev–Trinajstić information content (AvgIpc) is 2.94. The molecule has 3 aromatic heterocycles. The van der Waals surface area contributed by atoms with Crippen molar-refractivity contribution >= 4 is 0 Å². The van der Waals surface area contributed by atoms with E-state index in [-0.39, 0.29) is 11.5 Å². The van der Waals surface area contributed by atoms with Crippen LogP contribution in [0.15, 0.2) is 59.8 Å². The van der Waals surface area contributed by atoms with Crippen LogP contribution in [0.3, 0.4) is 0 Å². The van der Waals surface area contributed by atoms with Crippen LogP contribution in [0.4, 0.5) is 0 Å². The van der Waals surface area contributed by atoms with Crippen LogP contribution < -0.4 is 10.3 Å². The molecule has 0 saturated heterocycles. The minimum atomic E-state index is -0.166. The third kappa shape index (κ3) is 5.72. The Morgan fingerprint density at radius 3 is 2.43 bits per heavy atom. The number of rotatable bonds is 10. The summed E-state index contributed by atoms with van der Waals surface area (Å²) < 4.78 is 6.96. The lowest BCUT2D eigenvalue weighted by Crippen LogP contribution is -2.30. The van der Waals surface area contributed by atoms with Gasteiger partial charge >= 0.3 is 0 Å². The Morgan fingerprint density at radius 1 is 1.00 bits per heavy atom. The topological polar surface area (TPSA) is 107 Å². The number of aromatic nitrogens is 5. The van der Waals surface area contributed by atoms with Gasteiger partial charge in [-0.3, -0.25) is 9.78 Å². The zero-order chi connectivity index (χ0) is 26.2. The van der Waals surface area contributed by atoms with Gasteiger partial charge in [-0.15, -0.1) is 0 Å². The maximum Gasteiger partial charge on any atom is 0.264 e. The van der Waals surface area contributed by atoms with Crippen LogP contribution in [0, 0.1) is 11.3 Å². The Kier molecular flexibility index (Phi) is 8.37. The molecule has 188 valence electrons. The van der Waals surface area contributed by atoms with Crippen LogP contribution in [0.5, 0.6) is 5.75 Å². The van der Waals surface area contributed by atoms with Crippen LogP contribution in [-0.2, 0) is 19.3 Å². The normalized spacial score (nSPS) is 10.8. The molecule has 0 amide bonds. The fraction of sp³-hybridized carbons (Fsp3) is 0.310. The van der Waals surface area contributed by atoms with E-state index in [1.165, 1.54) is 4.57 Å². The van der Waals surface area contributed by atoms with E-state index in [9.17, 15) is 10.1 Å². The van der Waals surface area contributed by atoms with Gasteiger partial charge in [-0.2, -0.15) is 5.26 Å². The van der Waals surface area contributed by atoms with Gasteiger partial charge in [0.2, 0.25) is 5.95 Å². The van der Waals surface area contributed by atoms with Crippen LogP contribution in [-0.4, -0.2) is 31.1 Å². The lowest BCUT2D eigenvalue weighted by atomic mass is 10.0. The highest BCUT2D eigenvalue weighted by Gasteiger charge is 2.19. The molecule has 0 spiro atoms. The molecule has 8 nitrogen and oxygen atoms in total. The largest absolute Gasteiger partial charge is 0.491 e. The maximum atomic E-state index is 13.9. The van der Waals surface area contributed by atoms with Gasteiger partial charge in [0.05, 0.1) is 42.0 Å². The first-order valence-electron chi connectivity index (χ1n) is 12.6. The van der Waals surface area contributed by atoms with Crippen LogP contribution >= 0.6 is 0 Å². The van der Waals surface area contributed by atoms with Gasteiger partial charge in [0.25, 0.3) is 5.56 Å². The Balaban J connectivity index is 1.75. The molecule has 0 radical (unpaired) electrons. The van der Waals surface area contributed by atoms with Crippen molar-refractivity contribution in [3.8, 4) is 29.0 Å². The van der Waals surface area contributed by atoms with Crippen LogP contribution in [0.2, 0.25) is 0 Å². The predicted molar refractivity (Wildman–Crippen MR) is 142 cm³/mol. The van der Waals surface area contributed by atoms with Crippen molar-refractivity contribution in [3.63, 3.8) is 0 Å². The number of pyridine rings is 1. The number of unbranched alkanes of at least 4 members (excludes halogenated alkanes) is 1. The molecule has 1 aromatic carbocycles. The smallest absolute Gasteiger partial charge is 0.264 e. The minimum Gasteiger partial charge on any atom is -0.491 e. The molecule has 0 bridgehead atoms. The molecular formula is C29H30N6O2. The molecule has 0 unspecified atom stereocenters. The van der Waals surface area contributed by atoms with Gasteiger partial charge in [0.1, 0.15) is 5.82 Å². The summed E-state index contributed by atoms with van der Waals surface area (Å²) in [6, 6.07) is 13.4. The SMILES string of the molecule is CCCCc1nc(CC)n(-c2ncc(OCC)cn2)c(=O)c1Cc1ccc(-c2ccccc2C#N)nc1. The second-order valence-corrected chi connectivity index (χ2v) is 8.59. The summed E-state index contributed by atoms with van der Waals surface area (Å²) in [5.74, 6) is 1.46. The highest BCUT2D eigenvalue weighted by molar-refractivity contribution is 5.67. The fourth-order valence-corrected chi connectivity index (χ4v) is 4.18. The van der Waals surface area contributed by atoms with Crippen LogP contribution in [0.25, 0.3) is 17.2 Å². The number of nitrogens with zero attached hydrogens (tertiary/aromatic N) is 6. The van der Waals surface area contributed by atoms with Crippen molar-refractivity contribution in [2.75, 3.05) is 6.61 Å². The number of benzene rings is 1. The molecule has 0 aliphatic heterocycles. The van der Waals surface area contributed by atoms with Crippen molar-refractivity contribution in [1.82, 2.24) is 24.5 Å². The van der Waals surface area contributed by atoms with Gasteiger partial charge in [-0.05, 0) is 37.5 Å². The van der Waals surface area contributed by atoms with Gasteiger partial charge in [-0.1, -0.05) is 44.5 Å². The van der Waals surface area contributed by atoms with E-state index in [4.69, 9.17) is 9.72 Å². The molecule has 37 heavy (non-hydrogen) atoms. The van der Waals surface area contributed by atoms with E-state index in [2.05, 4.69) is 27.9 Å². The standard InChI is InChI=1S/C29H30N6O2/c1-4-7-12-26-24(15-20-13-14-25(31-17-20)23-11-9-8-10-21(23)16-30)28(36)35(27(5-2)34-26)29-32-18-22(19-33-29)37-6-3/h8-11,13-14,17-19H,4-7,12,15H2,1-3H3. The Hall–Kier alpha value is -4.38. The second-order valence-electron chi connectivity index (χ2n) is 8.59. The molecule has 0 fully saturated rings. The van der Waals surface area contributed by atoms with Gasteiger partial charge < -0.3 is 4.74 Å². The molecular weight excluding hydrogens is 464 g/mol. The van der Waals surface area contributed by atoms with E-state index in [1.54, 1.807) is 24.7 Å². The minimum absolute atomic E-state index is 0.166. The van der Waals surface area contributed by atoms with E-state index < -0.39 is 0 Å². The molecule has 3 heterocycles. The Labute approximate surface area is 216 Å². The van der Waals surface area contributed by atoms with Crippen molar-refractivity contribution in [2.24, 2.45) is 0 Å². The zero-order valence-electron chi connectivity index (χ0n) is 21.4. The summed E-state index contributed by atoms with van der Waals surface area (Å²) in [7, 11) is 0. The van der Waals surface area contributed by atoms with Crippen LogP contribution in [0.1, 0.15) is 61.8 Å². The monoisotopic (exact) mass is 494 g/mol. The number of aryl methyl sites for hydroxylation is 2. The van der Waals surface area contributed by atoms with Crippen molar-refractivity contribution < 1.29 is 4.74 Å². The van der Waals surface area contributed by atoms with Crippen molar-refractivity contribution in [1.29, 1.82) is 5.26 Å². The molecule has 4 aromatic rings. The summed E-state index contributed by atoms with van der Waals surface area (Å²) in [4.78, 5) is 32.2. The quantitative estimate of drug-likeness (QED) is 0.310. The highest BCUT2D eigenvalue weighted by Crippen LogP contribution is 2.22. The molecule has 0 aliphatic carbocycles. The molecule has 4 rings (SSSR count). The number of hydrogen-bond acceptors (Lipinski definition) is 7. The molecule has 8 heteroatoms. The number of nitriles is 1. The van der Waals surface area contributed by atoms with Gasteiger partial charge in [0, 0.05) is 30.2 Å². The van der Waals surface area contributed by atoms with E-state index in [0.29, 0.717) is 47.8 Å². The van der Waals surface area contributed by atoms with Gasteiger partial charge in [0.15, 0.2) is 5.75 Å². The average molecular weight is 495 g/mol. The van der Waals surface area contributed by atoms with Gasteiger partial charge in [-0.25, -0.2) is 19.5 Å². The van der Waals surface area contributed by atoms with E-state index in [0.717, 1.165) is 36.1 Å². The third-order valence-electron chi connectivity index (χ3n) is 6.07. The van der Waals surface area contributed by atoms with Crippen molar-refractivity contribution in [2.45, 2.75) is 52.9 Å². The van der Waals surface area contributed by atoms with E-state index >= 15 is 0 Å². The molecule has 0 saturated carbocycles. The lowest BCUT2D eigenvalue weighted by Gasteiger charge is -2.16.